The second kappa shape index (κ2) is 17.5. The number of carboxylic acids is 2. The molecule has 0 bridgehead atoms. The number of carbonyl (C=O) groups is 6. The number of unbranched alkanes of at least 4 members (excludes halogenated alkanes) is 1. The van der Waals surface area contributed by atoms with E-state index >= 15 is 0 Å². The second-order valence-electron chi connectivity index (χ2n) is 10.2. The number of amides is 4. The summed E-state index contributed by atoms with van der Waals surface area (Å²) < 4.78 is 10.4. The minimum Gasteiger partial charge on any atom is -0.507 e. The van der Waals surface area contributed by atoms with Crippen LogP contribution in [0.15, 0.2) is 66.7 Å². The molecule has 6 N–H and O–H groups in total. The molecule has 4 amide bonds. The molecule has 0 aliphatic rings. The molecule has 3 aromatic rings. The summed E-state index contributed by atoms with van der Waals surface area (Å²) in [5, 5.41) is 36.9. The lowest BCUT2D eigenvalue weighted by Crippen LogP contribution is -2.48. The van der Waals surface area contributed by atoms with E-state index in [0.717, 1.165) is 12.0 Å². The molecule has 3 aromatic carbocycles. The average molecular weight is 665 g/mol. The minimum atomic E-state index is -1.80. The van der Waals surface area contributed by atoms with Gasteiger partial charge in [-0.15, -0.1) is 0 Å². The number of carbonyl (C=O) groups excluding carboxylic acids is 4. The van der Waals surface area contributed by atoms with Gasteiger partial charge in [-0.3, -0.25) is 19.3 Å². The quantitative estimate of drug-likeness (QED) is 0.102. The number of phenols is 1. The highest BCUT2D eigenvalue weighted by atomic mass is 16.5. The Hall–Kier alpha value is -6.12. The molecule has 15 heteroatoms. The van der Waals surface area contributed by atoms with E-state index in [2.05, 4.69) is 20.7 Å². The van der Waals surface area contributed by atoms with E-state index < -0.39 is 41.8 Å². The van der Waals surface area contributed by atoms with Crippen LogP contribution < -0.4 is 25.6 Å². The largest absolute Gasteiger partial charge is 0.507 e. The zero-order chi connectivity index (χ0) is 35.2. The number of nitrogens with one attached hydrogen (secondary N) is 3. The van der Waals surface area contributed by atoms with E-state index in [4.69, 9.17) is 4.74 Å². The molecule has 0 saturated carbocycles. The Balaban J connectivity index is 1.65. The van der Waals surface area contributed by atoms with Crippen LogP contribution in [0.5, 0.6) is 11.5 Å². The summed E-state index contributed by atoms with van der Waals surface area (Å²) >= 11 is 0. The number of carboxylic acid groups (broad SMARTS) is 2. The molecule has 0 spiro atoms. The van der Waals surface area contributed by atoms with Gasteiger partial charge in [-0.2, -0.15) is 0 Å². The number of anilines is 2. The third-order valence-corrected chi connectivity index (χ3v) is 6.89. The first-order valence-electron chi connectivity index (χ1n) is 14.8. The van der Waals surface area contributed by atoms with Crippen molar-refractivity contribution < 1.29 is 53.6 Å². The first-order valence-corrected chi connectivity index (χ1v) is 14.8. The van der Waals surface area contributed by atoms with Gasteiger partial charge in [0.1, 0.15) is 23.1 Å². The zero-order valence-electron chi connectivity index (χ0n) is 26.2. The number of hydrogen-bond donors (Lipinski definition) is 6. The number of aliphatic carboxylic acids is 1. The molecule has 1 atom stereocenters. The first kappa shape index (κ1) is 36.3. The Labute approximate surface area is 275 Å². The van der Waals surface area contributed by atoms with Crippen molar-refractivity contribution in [2.45, 2.75) is 32.2 Å². The van der Waals surface area contributed by atoms with Crippen molar-refractivity contribution in [3.8, 4) is 11.5 Å². The van der Waals surface area contributed by atoms with Gasteiger partial charge in [0.05, 0.1) is 25.0 Å². The van der Waals surface area contributed by atoms with Gasteiger partial charge < -0.3 is 40.7 Å². The highest BCUT2D eigenvalue weighted by molar-refractivity contribution is 6.39. The number of aromatic hydroxyl groups is 1. The van der Waals surface area contributed by atoms with E-state index in [-0.39, 0.29) is 53.6 Å². The lowest BCUT2D eigenvalue weighted by atomic mass is 10.0. The topological polar surface area (TPSA) is 221 Å². The van der Waals surface area contributed by atoms with Crippen LogP contribution in [0.25, 0.3) is 0 Å². The molecule has 254 valence electrons. The molecule has 0 unspecified atom stereocenters. The molecule has 15 nitrogen and oxygen atoms in total. The molecular weight excluding hydrogens is 628 g/mol. The summed E-state index contributed by atoms with van der Waals surface area (Å²) in [6, 6.07) is 14.7. The van der Waals surface area contributed by atoms with Crippen molar-refractivity contribution in [2.75, 3.05) is 31.7 Å². The van der Waals surface area contributed by atoms with E-state index in [9.17, 15) is 44.1 Å². The van der Waals surface area contributed by atoms with Crippen LogP contribution in [0.1, 0.15) is 46.0 Å². The third-order valence-electron chi connectivity index (χ3n) is 6.89. The SMILES string of the molecule is CCNC(=O)c1c(O)cccc1OCCCCNC(=O)[C@H](Cc1ccc(N(C(=O)C(=O)O)c2ccccc2C(=O)O)cc1)NC(=O)OC. The number of rotatable bonds is 15. The number of methoxy groups -OCH3 is 1. The summed E-state index contributed by atoms with van der Waals surface area (Å²) in [5.41, 5.74) is 0.179. The van der Waals surface area contributed by atoms with Crippen LogP contribution in [0.3, 0.4) is 0 Å². The van der Waals surface area contributed by atoms with Crippen LogP contribution in [0.2, 0.25) is 0 Å². The number of para-hydroxylation sites is 1. The fraction of sp³-hybridized carbons (Fsp3) is 0.273. The van der Waals surface area contributed by atoms with Crippen LogP contribution in [0.4, 0.5) is 16.2 Å². The normalized spacial score (nSPS) is 11.0. The Morgan fingerprint density at radius 2 is 1.58 bits per heavy atom. The van der Waals surface area contributed by atoms with Gasteiger partial charge in [0.2, 0.25) is 5.91 Å². The number of benzene rings is 3. The Kier molecular flexibility index (Phi) is 13.3. The molecule has 3 rings (SSSR count). The van der Waals surface area contributed by atoms with Crippen molar-refractivity contribution in [3.05, 3.63) is 83.4 Å². The van der Waals surface area contributed by atoms with E-state index in [0.29, 0.717) is 24.9 Å². The van der Waals surface area contributed by atoms with Gasteiger partial charge >= 0.3 is 23.9 Å². The first-order chi connectivity index (χ1) is 23.0. The standard InChI is InChI=1S/C33H36N4O11/c1-3-34-29(40)27-25(38)11-8-12-26(27)48-18-7-6-17-35-28(39)23(36-33(46)47-2)19-20-13-15-21(16-14-20)37(30(41)32(44)45)24-10-5-4-9-22(24)31(42)43/h4-5,8-16,23,38H,3,6-7,17-19H2,1-2H3,(H,34,40)(H,35,39)(H,36,46)(H,42,43)(H,44,45)/t23-/m0/s1. The predicted octanol–water partition coefficient (Wildman–Crippen LogP) is 2.83. The summed E-state index contributed by atoms with van der Waals surface area (Å²) in [5.74, 6) is -5.51. The maximum absolute atomic E-state index is 13.0. The molecule has 0 aromatic heterocycles. The van der Waals surface area contributed by atoms with Crippen LogP contribution in [-0.4, -0.2) is 83.9 Å². The number of alkyl carbamates (subject to hydrolysis) is 1. The highest BCUT2D eigenvalue weighted by Gasteiger charge is 2.28. The van der Waals surface area contributed by atoms with Gasteiger partial charge in [0, 0.05) is 25.2 Å². The van der Waals surface area contributed by atoms with E-state index in [1.165, 1.54) is 54.6 Å². The number of ether oxygens (including phenoxy) is 2. The molecule has 0 fully saturated rings. The van der Waals surface area contributed by atoms with Crippen molar-refractivity contribution >= 4 is 47.1 Å². The molecule has 0 aliphatic heterocycles. The zero-order valence-corrected chi connectivity index (χ0v) is 26.2. The molecule has 48 heavy (non-hydrogen) atoms. The molecule has 0 aliphatic carbocycles. The lowest BCUT2D eigenvalue weighted by Gasteiger charge is -2.23. The lowest BCUT2D eigenvalue weighted by molar-refractivity contribution is -0.148. The maximum Gasteiger partial charge on any atom is 0.407 e. The number of phenolic OH excluding ortho intramolecular Hbond substituents is 1. The van der Waals surface area contributed by atoms with Gasteiger partial charge in [0.25, 0.3) is 5.91 Å². The molecule has 0 heterocycles. The molecular formula is C33H36N4O11. The van der Waals surface area contributed by atoms with Gasteiger partial charge in [0.15, 0.2) is 0 Å². The van der Waals surface area contributed by atoms with Gasteiger partial charge in [-0.1, -0.05) is 30.3 Å². The Morgan fingerprint density at radius 1 is 0.875 bits per heavy atom. The smallest absolute Gasteiger partial charge is 0.407 e. The third kappa shape index (κ3) is 9.69. The van der Waals surface area contributed by atoms with E-state index in [1.807, 2.05) is 0 Å². The average Bonchev–Trinajstić information content (AvgIpc) is 3.06. The molecule has 0 saturated heterocycles. The summed E-state index contributed by atoms with van der Waals surface area (Å²) in [6.07, 6.45) is 0.102. The number of aromatic carboxylic acids is 1. The van der Waals surface area contributed by atoms with Crippen LogP contribution >= 0.6 is 0 Å². The Morgan fingerprint density at radius 3 is 2.23 bits per heavy atom. The number of hydrogen-bond acceptors (Lipinski definition) is 9. The maximum atomic E-state index is 13.0. The van der Waals surface area contributed by atoms with Gasteiger partial charge in [-0.05, 0) is 61.7 Å². The fourth-order valence-electron chi connectivity index (χ4n) is 4.60. The monoisotopic (exact) mass is 664 g/mol. The molecule has 0 radical (unpaired) electrons. The summed E-state index contributed by atoms with van der Waals surface area (Å²) in [7, 11) is 1.14. The Bertz CT molecular complexity index is 1640. The van der Waals surface area contributed by atoms with Crippen molar-refractivity contribution in [1.82, 2.24) is 16.0 Å². The minimum absolute atomic E-state index is 0.0109. The van der Waals surface area contributed by atoms with Crippen molar-refractivity contribution in [1.29, 1.82) is 0 Å². The van der Waals surface area contributed by atoms with Crippen molar-refractivity contribution in [3.63, 3.8) is 0 Å². The number of nitrogens with zero attached hydrogens (tertiary/aromatic N) is 1. The van der Waals surface area contributed by atoms with Crippen LogP contribution in [-0.2, 0) is 25.5 Å². The summed E-state index contributed by atoms with van der Waals surface area (Å²) in [4.78, 5) is 74.1. The highest BCUT2D eigenvalue weighted by Crippen LogP contribution is 2.30. The second-order valence-corrected chi connectivity index (χ2v) is 10.2. The van der Waals surface area contributed by atoms with Gasteiger partial charge in [-0.25, -0.2) is 14.4 Å². The fourth-order valence-corrected chi connectivity index (χ4v) is 4.60. The van der Waals surface area contributed by atoms with Crippen LogP contribution in [0, 0.1) is 0 Å². The predicted molar refractivity (Wildman–Crippen MR) is 172 cm³/mol. The summed E-state index contributed by atoms with van der Waals surface area (Å²) in [6.45, 7) is 2.54. The van der Waals surface area contributed by atoms with E-state index in [1.54, 1.807) is 19.1 Å². The van der Waals surface area contributed by atoms with Crippen molar-refractivity contribution in [2.24, 2.45) is 0 Å².